The van der Waals surface area contributed by atoms with Gasteiger partial charge >= 0.3 is 0 Å². The van der Waals surface area contributed by atoms with Crippen LogP contribution >= 0.6 is 23.8 Å². The number of benzene rings is 1. The SMILES string of the molecule is S=C(N/N=C\c1ccccc1Cl)N[C@H]1C[C@@H]2C=C[C@H]1C2. The minimum atomic E-state index is 0.445. The molecule has 1 aromatic carbocycles. The molecule has 1 fully saturated rings. The first kappa shape index (κ1) is 13.6. The summed E-state index contributed by atoms with van der Waals surface area (Å²) in [6.45, 7) is 0. The zero-order valence-corrected chi connectivity index (χ0v) is 12.5. The van der Waals surface area contributed by atoms with Crippen LogP contribution in [-0.4, -0.2) is 17.4 Å². The average Bonchev–Trinajstić information content (AvgIpc) is 3.03. The standard InChI is InChI=1S/C15H16ClN3S/c16-13-4-2-1-3-12(13)9-17-19-15(20)18-14-8-10-5-6-11(14)7-10/h1-6,9-11,14H,7-8H2,(H2,18,19,20)/b17-9-/t10-,11+,14+/m1/s1. The van der Waals surface area contributed by atoms with Crippen LogP contribution in [0.2, 0.25) is 5.02 Å². The van der Waals surface area contributed by atoms with Crippen molar-refractivity contribution < 1.29 is 0 Å². The molecule has 0 saturated heterocycles. The molecule has 1 saturated carbocycles. The largest absolute Gasteiger partial charge is 0.358 e. The minimum absolute atomic E-state index is 0.445. The number of hydrogen-bond donors (Lipinski definition) is 2. The first-order valence-electron chi connectivity index (χ1n) is 6.75. The second-order valence-electron chi connectivity index (χ2n) is 5.25. The molecule has 2 N–H and O–H groups in total. The van der Waals surface area contributed by atoms with E-state index in [4.69, 9.17) is 23.8 Å². The Morgan fingerprint density at radius 3 is 2.85 bits per heavy atom. The molecule has 2 bridgehead atoms. The fourth-order valence-electron chi connectivity index (χ4n) is 2.89. The van der Waals surface area contributed by atoms with Crippen LogP contribution in [0.1, 0.15) is 18.4 Å². The van der Waals surface area contributed by atoms with Gasteiger partial charge in [0.25, 0.3) is 0 Å². The average molecular weight is 306 g/mol. The number of fused-ring (bicyclic) bond motifs is 2. The quantitative estimate of drug-likeness (QED) is 0.390. The van der Waals surface area contributed by atoms with E-state index in [0.29, 0.717) is 22.1 Å². The van der Waals surface area contributed by atoms with Crippen molar-refractivity contribution in [2.45, 2.75) is 18.9 Å². The molecule has 0 aliphatic heterocycles. The lowest BCUT2D eigenvalue weighted by Crippen LogP contribution is -2.42. The first-order valence-corrected chi connectivity index (χ1v) is 7.53. The van der Waals surface area contributed by atoms with Gasteiger partial charge in [-0.3, -0.25) is 5.43 Å². The molecule has 3 atom stereocenters. The smallest absolute Gasteiger partial charge is 0.187 e. The van der Waals surface area contributed by atoms with Crippen molar-refractivity contribution in [3.8, 4) is 0 Å². The lowest BCUT2D eigenvalue weighted by molar-refractivity contribution is 0.521. The van der Waals surface area contributed by atoms with E-state index in [2.05, 4.69) is 28.0 Å². The topological polar surface area (TPSA) is 36.4 Å². The van der Waals surface area contributed by atoms with E-state index in [-0.39, 0.29) is 0 Å². The number of nitrogens with zero attached hydrogens (tertiary/aromatic N) is 1. The molecule has 2 aliphatic carbocycles. The third-order valence-electron chi connectivity index (χ3n) is 3.87. The highest BCUT2D eigenvalue weighted by molar-refractivity contribution is 7.80. The Morgan fingerprint density at radius 2 is 2.15 bits per heavy atom. The number of nitrogens with one attached hydrogen (secondary N) is 2. The number of halogens is 1. The normalized spacial score (nSPS) is 27.1. The summed E-state index contributed by atoms with van der Waals surface area (Å²) in [5.41, 5.74) is 3.72. The molecule has 0 aromatic heterocycles. The van der Waals surface area contributed by atoms with Crippen molar-refractivity contribution in [3.63, 3.8) is 0 Å². The van der Waals surface area contributed by atoms with E-state index < -0.39 is 0 Å². The highest BCUT2D eigenvalue weighted by Gasteiger charge is 2.35. The maximum atomic E-state index is 6.04. The molecule has 20 heavy (non-hydrogen) atoms. The highest BCUT2D eigenvalue weighted by atomic mass is 35.5. The van der Waals surface area contributed by atoms with Gasteiger partial charge in [-0.1, -0.05) is 42.0 Å². The first-order chi connectivity index (χ1) is 9.72. The summed E-state index contributed by atoms with van der Waals surface area (Å²) < 4.78 is 0. The Morgan fingerprint density at radius 1 is 1.30 bits per heavy atom. The lowest BCUT2D eigenvalue weighted by Gasteiger charge is -2.20. The molecule has 0 spiro atoms. The van der Waals surface area contributed by atoms with Crippen molar-refractivity contribution in [1.29, 1.82) is 0 Å². The van der Waals surface area contributed by atoms with Crippen molar-refractivity contribution in [1.82, 2.24) is 10.7 Å². The van der Waals surface area contributed by atoms with Crippen LogP contribution < -0.4 is 10.7 Å². The van der Waals surface area contributed by atoms with Crippen molar-refractivity contribution in [2.75, 3.05) is 0 Å². The monoisotopic (exact) mass is 305 g/mol. The Labute approximate surface area is 129 Å². The van der Waals surface area contributed by atoms with Gasteiger partial charge in [0.15, 0.2) is 5.11 Å². The number of thiocarbonyl (C=S) groups is 1. The second kappa shape index (κ2) is 5.94. The van der Waals surface area contributed by atoms with Gasteiger partial charge in [0, 0.05) is 16.6 Å². The zero-order chi connectivity index (χ0) is 13.9. The van der Waals surface area contributed by atoms with Gasteiger partial charge in [0.05, 0.1) is 6.21 Å². The molecular formula is C15H16ClN3S. The summed E-state index contributed by atoms with van der Waals surface area (Å²) >= 11 is 11.3. The lowest BCUT2D eigenvalue weighted by atomic mass is 10.0. The number of rotatable bonds is 3. The van der Waals surface area contributed by atoms with E-state index in [9.17, 15) is 0 Å². The highest BCUT2D eigenvalue weighted by Crippen LogP contribution is 2.38. The van der Waals surface area contributed by atoms with Gasteiger partial charge in [-0.15, -0.1) is 0 Å². The van der Waals surface area contributed by atoms with Crippen LogP contribution in [-0.2, 0) is 0 Å². The van der Waals surface area contributed by atoms with Gasteiger partial charge in [-0.2, -0.15) is 5.10 Å². The maximum Gasteiger partial charge on any atom is 0.187 e. The van der Waals surface area contributed by atoms with E-state index in [1.165, 1.54) is 6.42 Å². The maximum absolute atomic E-state index is 6.04. The van der Waals surface area contributed by atoms with Gasteiger partial charge in [0.1, 0.15) is 0 Å². The Balaban J connectivity index is 1.50. The van der Waals surface area contributed by atoms with Gasteiger partial charge < -0.3 is 5.32 Å². The summed E-state index contributed by atoms with van der Waals surface area (Å²) in [7, 11) is 0. The minimum Gasteiger partial charge on any atom is -0.358 e. The van der Waals surface area contributed by atoms with E-state index in [1.54, 1.807) is 6.21 Å². The van der Waals surface area contributed by atoms with Crippen molar-refractivity contribution in [2.24, 2.45) is 16.9 Å². The predicted molar refractivity (Wildman–Crippen MR) is 87.1 cm³/mol. The van der Waals surface area contributed by atoms with Crippen molar-refractivity contribution in [3.05, 3.63) is 47.0 Å². The molecule has 0 radical (unpaired) electrons. The Kier molecular flexibility index (Phi) is 4.03. The predicted octanol–water partition coefficient (Wildman–Crippen LogP) is 3.10. The molecular weight excluding hydrogens is 290 g/mol. The molecule has 2 aliphatic rings. The van der Waals surface area contributed by atoms with E-state index >= 15 is 0 Å². The summed E-state index contributed by atoms with van der Waals surface area (Å²) in [6, 6.07) is 8.00. The zero-order valence-electron chi connectivity index (χ0n) is 10.9. The van der Waals surface area contributed by atoms with Gasteiger partial charge in [0.2, 0.25) is 0 Å². The van der Waals surface area contributed by atoms with Crippen LogP contribution in [0.25, 0.3) is 0 Å². The van der Waals surface area contributed by atoms with Crippen LogP contribution in [0, 0.1) is 11.8 Å². The van der Waals surface area contributed by atoms with Crippen LogP contribution in [0.5, 0.6) is 0 Å². The van der Waals surface area contributed by atoms with Crippen LogP contribution in [0.15, 0.2) is 41.5 Å². The van der Waals surface area contributed by atoms with Crippen molar-refractivity contribution >= 4 is 35.1 Å². The van der Waals surface area contributed by atoms with E-state index in [1.807, 2.05) is 24.3 Å². The van der Waals surface area contributed by atoms with Crippen LogP contribution in [0.4, 0.5) is 0 Å². The fourth-order valence-corrected chi connectivity index (χ4v) is 3.28. The molecule has 0 unspecified atom stereocenters. The summed E-state index contributed by atoms with van der Waals surface area (Å²) in [5, 5.41) is 8.70. The fraction of sp³-hybridized carbons (Fsp3) is 0.333. The van der Waals surface area contributed by atoms with Crippen LogP contribution in [0.3, 0.4) is 0 Å². The summed E-state index contributed by atoms with van der Waals surface area (Å²) in [6.07, 6.45) is 8.70. The van der Waals surface area contributed by atoms with Gasteiger partial charge in [-0.05, 0) is 43.0 Å². The molecule has 1 aromatic rings. The third kappa shape index (κ3) is 3.02. The number of hydrogen-bond acceptors (Lipinski definition) is 2. The Hall–Kier alpha value is -1.39. The summed E-state index contributed by atoms with van der Waals surface area (Å²) in [5.74, 6) is 1.35. The third-order valence-corrected chi connectivity index (χ3v) is 4.42. The molecule has 5 heteroatoms. The molecule has 3 rings (SSSR count). The molecule has 0 amide bonds. The second-order valence-corrected chi connectivity index (χ2v) is 6.07. The Bertz CT molecular complexity index is 570. The van der Waals surface area contributed by atoms with E-state index in [0.717, 1.165) is 17.9 Å². The summed E-state index contributed by atoms with van der Waals surface area (Å²) in [4.78, 5) is 0. The molecule has 104 valence electrons. The number of hydrazone groups is 1. The molecule has 3 nitrogen and oxygen atoms in total. The molecule has 0 heterocycles. The number of allylic oxidation sites excluding steroid dienone is 1. The van der Waals surface area contributed by atoms with Gasteiger partial charge in [-0.25, -0.2) is 0 Å².